The minimum absolute atomic E-state index is 0.142. The van der Waals surface area contributed by atoms with Crippen molar-refractivity contribution in [1.29, 1.82) is 0 Å². The summed E-state index contributed by atoms with van der Waals surface area (Å²) in [5.41, 5.74) is 0.767. The summed E-state index contributed by atoms with van der Waals surface area (Å²) < 4.78 is 5.66. The Labute approximate surface area is 124 Å². The van der Waals surface area contributed by atoms with E-state index >= 15 is 0 Å². The Morgan fingerprint density at radius 3 is 3.00 bits per heavy atom. The maximum Gasteiger partial charge on any atom is 0.223 e. The summed E-state index contributed by atoms with van der Waals surface area (Å²) in [4.78, 5) is 13.7. The molecule has 0 bridgehead atoms. The van der Waals surface area contributed by atoms with Crippen molar-refractivity contribution in [2.75, 3.05) is 13.1 Å². The van der Waals surface area contributed by atoms with Gasteiger partial charge in [0.05, 0.1) is 6.54 Å². The molecule has 1 amide bonds. The molecule has 1 saturated heterocycles. The molecule has 0 radical (unpaired) electrons. The molecule has 0 spiro atoms. The van der Waals surface area contributed by atoms with Crippen molar-refractivity contribution in [1.82, 2.24) is 4.90 Å². The van der Waals surface area contributed by atoms with Gasteiger partial charge in [-0.3, -0.25) is 4.79 Å². The van der Waals surface area contributed by atoms with E-state index < -0.39 is 6.10 Å². The van der Waals surface area contributed by atoms with Crippen molar-refractivity contribution >= 4 is 16.9 Å². The van der Waals surface area contributed by atoms with Gasteiger partial charge in [0.15, 0.2) is 0 Å². The Kier molecular flexibility index (Phi) is 3.97. The number of nitrogens with zero attached hydrogens (tertiary/aromatic N) is 1. The lowest BCUT2D eigenvalue weighted by molar-refractivity contribution is -0.129. The van der Waals surface area contributed by atoms with Crippen LogP contribution in [0.25, 0.3) is 11.0 Å². The first kappa shape index (κ1) is 14.1. The van der Waals surface area contributed by atoms with Gasteiger partial charge >= 0.3 is 0 Å². The van der Waals surface area contributed by atoms with Crippen LogP contribution in [0.1, 0.15) is 38.1 Å². The highest BCUT2D eigenvalue weighted by molar-refractivity contribution is 5.79. The van der Waals surface area contributed by atoms with Crippen molar-refractivity contribution in [3.8, 4) is 0 Å². The van der Waals surface area contributed by atoms with Crippen molar-refractivity contribution in [3.63, 3.8) is 0 Å². The van der Waals surface area contributed by atoms with E-state index in [0.717, 1.165) is 30.4 Å². The fourth-order valence-corrected chi connectivity index (χ4v) is 3.10. The van der Waals surface area contributed by atoms with Gasteiger partial charge in [0.1, 0.15) is 17.4 Å². The van der Waals surface area contributed by atoms with Crippen LogP contribution in [-0.4, -0.2) is 29.0 Å². The Bertz CT molecular complexity index is 601. The van der Waals surface area contributed by atoms with Gasteiger partial charge in [0.25, 0.3) is 0 Å². The number of likely N-dealkylation sites (tertiary alicyclic amines) is 1. The number of carbonyl (C=O) groups excluding carboxylic acids is 1. The molecule has 1 aromatic carbocycles. The SMILES string of the molecule is CCCC1CC(=O)N(CC(O)c2cc3ccccc3o2)C1. The maximum atomic E-state index is 12.0. The molecule has 1 N–H and O–H groups in total. The van der Waals surface area contributed by atoms with Gasteiger partial charge in [-0.15, -0.1) is 0 Å². The molecule has 4 heteroatoms. The summed E-state index contributed by atoms with van der Waals surface area (Å²) in [6.45, 7) is 3.21. The van der Waals surface area contributed by atoms with E-state index in [1.807, 2.05) is 30.3 Å². The first-order valence-electron chi connectivity index (χ1n) is 7.61. The Balaban J connectivity index is 1.68. The van der Waals surface area contributed by atoms with Crippen molar-refractivity contribution in [2.24, 2.45) is 5.92 Å². The molecule has 3 rings (SSSR count). The molecular weight excluding hydrogens is 266 g/mol. The predicted octanol–water partition coefficient (Wildman–Crippen LogP) is 3.11. The van der Waals surface area contributed by atoms with Gasteiger partial charge in [-0.25, -0.2) is 0 Å². The number of aliphatic hydroxyl groups excluding tert-OH is 1. The second-order valence-corrected chi connectivity index (χ2v) is 5.86. The van der Waals surface area contributed by atoms with Crippen molar-refractivity contribution in [3.05, 3.63) is 36.1 Å². The molecule has 2 aromatic rings. The van der Waals surface area contributed by atoms with E-state index in [9.17, 15) is 9.90 Å². The summed E-state index contributed by atoms with van der Waals surface area (Å²) in [7, 11) is 0. The molecule has 1 aromatic heterocycles. The van der Waals surface area contributed by atoms with Gasteiger partial charge in [-0.1, -0.05) is 31.5 Å². The van der Waals surface area contributed by atoms with E-state index in [-0.39, 0.29) is 5.91 Å². The third-order valence-corrected chi connectivity index (χ3v) is 4.16. The highest BCUT2D eigenvalue weighted by atomic mass is 16.4. The van der Waals surface area contributed by atoms with Gasteiger partial charge in [-0.2, -0.15) is 0 Å². The minimum Gasteiger partial charge on any atom is -0.458 e. The van der Waals surface area contributed by atoms with Gasteiger partial charge in [0.2, 0.25) is 5.91 Å². The molecule has 2 heterocycles. The normalized spacial score (nSPS) is 20.4. The summed E-state index contributed by atoms with van der Waals surface area (Å²) in [6.07, 6.45) is 2.02. The van der Waals surface area contributed by atoms with Crippen LogP contribution in [0, 0.1) is 5.92 Å². The highest BCUT2D eigenvalue weighted by Crippen LogP contribution is 2.27. The first-order chi connectivity index (χ1) is 10.2. The summed E-state index contributed by atoms with van der Waals surface area (Å²) >= 11 is 0. The van der Waals surface area contributed by atoms with Gasteiger partial charge in [0, 0.05) is 18.4 Å². The summed E-state index contributed by atoms with van der Waals surface area (Å²) in [5.74, 6) is 1.11. The Morgan fingerprint density at radius 2 is 2.24 bits per heavy atom. The fraction of sp³-hybridized carbons (Fsp3) is 0.471. The largest absolute Gasteiger partial charge is 0.458 e. The molecule has 4 nitrogen and oxygen atoms in total. The molecule has 1 fully saturated rings. The second kappa shape index (κ2) is 5.90. The quantitative estimate of drug-likeness (QED) is 0.919. The zero-order chi connectivity index (χ0) is 14.8. The molecular formula is C17H21NO3. The molecule has 112 valence electrons. The average molecular weight is 287 g/mol. The molecule has 0 aliphatic carbocycles. The zero-order valence-electron chi connectivity index (χ0n) is 12.3. The summed E-state index contributed by atoms with van der Waals surface area (Å²) in [5, 5.41) is 11.3. The molecule has 2 unspecified atom stereocenters. The first-order valence-corrected chi connectivity index (χ1v) is 7.61. The third-order valence-electron chi connectivity index (χ3n) is 4.16. The standard InChI is InChI=1S/C17H21NO3/c1-2-5-12-8-17(20)18(10-12)11-14(19)16-9-13-6-3-4-7-15(13)21-16/h3-4,6-7,9,12,14,19H,2,5,8,10-11H2,1H3. The van der Waals surface area contributed by atoms with Crippen LogP contribution < -0.4 is 0 Å². The van der Waals surface area contributed by atoms with Crippen LogP contribution in [0.5, 0.6) is 0 Å². The van der Waals surface area contributed by atoms with Crippen molar-refractivity contribution in [2.45, 2.75) is 32.3 Å². The zero-order valence-corrected chi connectivity index (χ0v) is 12.3. The lowest BCUT2D eigenvalue weighted by Gasteiger charge is -2.19. The number of furan rings is 1. The topological polar surface area (TPSA) is 53.7 Å². The fourth-order valence-electron chi connectivity index (χ4n) is 3.10. The van der Waals surface area contributed by atoms with E-state index in [0.29, 0.717) is 24.6 Å². The molecule has 1 aliphatic rings. The second-order valence-electron chi connectivity index (χ2n) is 5.86. The number of β-amino-alcohol motifs (C(OH)–C–C–N with tert-alkyl or cyclic N) is 1. The Morgan fingerprint density at radius 1 is 1.43 bits per heavy atom. The molecule has 0 saturated carbocycles. The van der Waals surface area contributed by atoms with Crippen LogP contribution in [0.3, 0.4) is 0 Å². The number of benzene rings is 1. The van der Waals surface area contributed by atoms with E-state index in [4.69, 9.17) is 4.42 Å². The van der Waals surface area contributed by atoms with Crippen LogP contribution in [0.4, 0.5) is 0 Å². The Hall–Kier alpha value is -1.81. The number of amides is 1. The molecule has 1 aliphatic heterocycles. The number of hydrogen-bond acceptors (Lipinski definition) is 3. The minimum atomic E-state index is -0.762. The van der Waals surface area contributed by atoms with E-state index in [2.05, 4.69) is 6.92 Å². The molecule has 21 heavy (non-hydrogen) atoms. The third kappa shape index (κ3) is 2.95. The van der Waals surface area contributed by atoms with Crippen LogP contribution in [-0.2, 0) is 4.79 Å². The number of aliphatic hydroxyl groups is 1. The lowest BCUT2D eigenvalue weighted by Crippen LogP contribution is -2.30. The average Bonchev–Trinajstić information content (AvgIpc) is 3.03. The predicted molar refractivity (Wildman–Crippen MR) is 80.8 cm³/mol. The highest BCUT2D eigenvalue weighted by Gasteiger charge is 2.31. The van der Waals surface area contributed by atoms with Crippen molar-refractivity contribution < 1.29 is 14.3 Å². The number of para-hydroxylation sites is 1. The number of hydrogen-bond donors (Lipinski definition) is 1. The van der Waals surface area contributed by atoms with Crippen LogP contribution in [0.15, 0.2) is 34.7 Å². The monoisotopic (exact) mass is 287 g/mol. The smallest absolute Gasteiger partial charge is 0.223 e. The number of rotatable bonds is 5. The number of carbonyl (C=O) groups is 1. The lowest BCUT2D eigenvalue weighted by atomic mass is 10.0. The van der Waals surface area contributed by atoms with E-state index in [1.165, 1.54) is 0 Å². The molecule has 2 atom stereocenters. The van der Waals surface area contributed by atoms with Crippen LogP contribution >= 0.6 is 0 Å². The van der Waals surface area contributed by atoms with E-state index in [1.54, 1.807) is 4.90 Å². The number of fused-ring (bicyclic) bond motifs is 1. The summed E-state index contributed by atoms with van der Waals surface area (Å²) in [6, 6.07) is 9.52. The van der Waals surface area contributed by atoms with Crippen LogP contribution in [0.2, 0.25) is 0 Å². The van der Waals surface area contributed by atoms with Gasteiger partial charge < -0.3 is 14.4 Å². The maximum absolute atomic E-state index is 12.0. The van der Waals surface area contributed by atoms with Gasteiger partial charge in [-0.05, 0) is 24.5 Å².